The number of nitrogens with zero attached hydrogens (tertiary/aromatic N) is 1. The first kappa shape index (κ1) is 18.1. The first-order valence-electron chi connectivity index (χ1n) is 6.71. The molecule has 0 saturated heterocycles. The van der Waals surface area contributed by atoms with E-state index in [0.29, 0.717) is 18.5 Å². The molecule has 1 fully saturated rings. The zero-order chi connectivity index (χ0) is 15.0. The molecule has 1 saturated carbocycles. The van der Waals surface area contributed by atoms with E-state index in [1.54, 1.807) is 31.5 Å². The number of carboxylic acid groups (broad SMARTS) is 1. The van der Waals surface area contributed by atoms with Gasteiger partial charge in [0.2, 0.25) is 5.91 Å². The van der Waals surface area contributed by atoms with Gasteiger partial charge in [-0.1, -0.05) is 20.8 Å². The Balaban J connectivity index is 0.00000220. The average molecular weight is 298 g/mol. The third-order valence-corrected chi connectivity index (χ3v) is 4.92. The summed E-state index contributed by atoms with van der Waals surface area (Å²) in [6.07, 6.45) is 4.19. The predicted octanol–water partition coefficient (Wildman–Crippen LogP) is -1.78. The molecule has 108 valence electrons. The molecule has 1 aliphatic carbocycles. The summed E-state index contributed by atoms with van der Waals surface area (Å²) in [5.74, 6) is -1.60. The third kappa shape index (κ3) is 3.15. The summed E-state index contributed by atoms with van der Waals surface area (Å²) in [6.45, 7) is 5.31. The molecule has 0 spiro atoms. The van der Waals surface area contributed by atoms with Gasteiger partial charge in [0.05, 0.1) is 11.9 Å². The minimum Gasteiger partial charge on any atom is -0.550 e. The van der Waals surface area contributed by atoms with Crippen molar-refractivity contribution in [3.8, 4) is 0 Å². The molecule has 0 aliphatic heterocycles. The summed E-state index contributed by atoms with van der Waals surface area (Å²) in [4.78, 5) is 27.7. The fourth-order valence-corrected chi connectivity index (χ4v) is 2.99. The molecule has 0 unspecified atom stereocenters. The molecule has 6 heteroatoms. The number of aromatic nitrogens is 1. The molecule has 1 N–H and O–H groups in total. The SMILES string of the molecule is CC1(C)[C@@H](C(=O)Nc2cccnc2)CC[C@@]1(C)C(=O)[O-].[Na+]. The first-order chi connectivity index (χ1) is 9.29. The van der Waals surface area contributed by atoms with Gasteiger partial charge in [0.25, 0.3) is 0 Å². The van der Waals surface area contributed by atoms with Crippen molar-refractivity contribution in [3.63, 3.8) is 0 Å². The Bertz CT molecular complexity index is 533. The number of carbonyl (C=O) groups is 2. The van der Waals surface area contributed by atoms with Crippen molar-refractivity contribution in [1.29, 1.82) is 0 Å². The van der Waals surface area contributed by atoms with E-state index in [1.807, 2.05) is 13.8 Å². The van der Waals surface area contributed by atoms with E-state index in [9.17, 15) is 14.7 Å². The van der Waals surface area contributed by atoms with Crippen LogP contribution in [0, 0.1) is 16.7 Å². The number of rotatable bonds is 3. The Morgan fingerprint density at radius 2 is 2.05 bits per heavy atom. The maximum absolute atomic E-state index is 12.4. The standard InChI is InChI=1S/C15H20N2O3.Na/c1-14(2)11(6-7-15(14,3)13(19)20)12(18)17-10-5-4-8-16-9-10;/h4-5,8-9,11H,6-7H2,1-3H3,(H,17,18)(H,19,20);/q;+1/p-1/t11-,15+;/m1./s1. The van der Waals surface area contributed by atoms with Crippen LogP contribution in [0.25, 0.3) is 0 Å². The monoisotopic (exact) mass is 298 g/mol. The van der Waals surface area contributed by atoms with Crippen molar-refractivity contribution in [2.75, 3.05) is 5.32 Å². The molecule has 1 aromatic rings. The summed E-state index contributed by atoms with van der Waals surface area (Å²) in [5, 5.41) is 14.2. The zero-order valence-corrected chi connectivity index (χ0v) is 15.0. The van der Waals surface area contributed by atoms with E-state index >= 15 is 0 Å². The van der Waals surface area contributed by atoms with Gasteiger partial charge in [0, 0.05) is 23.5 Å². The van der Waals surface area contributed by atoms with Crippen LogP contribution in [0.1, 0.15) is 33.6 Å². The molecule has 1 aliphatic rings. The molecule has 0 aromatic carbocycles. The van der Waals surface area contributed by atoms with Crippen molar-refractivity contribution < 1.29 is 44.3 Å². The predicted molar refractivity (Wildman–Crippen MR) is 72.5 cm³/mol. The van der Waals surface area contributed by atoms with Gasteiger partial charge in [0.1, 0.15) is 0 Å². The van der Waals surface area contributed by atoms with E-state index in [4.69, 9.17) is 0 Å². The molecule has 2 atom stereocenters. The van der Waals surface area contributed by atoms with Gasteiger partial charge in [0.15, 0.2) is 0 Å². The number of anilines is 1. The van der Waals surface area contributed by atoms with Gasteiger partial charge in [-0.25, -0.2) is 0 Å². The van der Waals surface area contributed by atoms with Gasteiger partial charge in [-0.3, -0.25) is 9.78 Å². The topological polar surface area (TPSA) is 82.1 Å². The zero-order valence-electron chi connectivity index (χ0n) is 13.0. The quantitative estimate of drug-likeness (QED) is 0.669. The molecule has 1 amide bonds. The summed E-state index contributed by atoms with van der Waals surface area (Å²) >= 11 is 0. The van der Waals surface area contributed by atoms with Crippen LogP contribution in [0.5, 0.6) is 0 Å². The maximum Gasteiger partial charge on any atom is 1.00 e. The van der Waals surface area contributed by atoms with Crippen molar-refractivity contribution in [3.05, 3.63) is 24.5 Å². The smallest absolute Gasteiger partial charge is 0.550 e. The molecular formula is C15H19N2NaO3. The Labute approximate surface area is 146 Å². The molecular weight excluding hydrogens is 279 g/mol. The molecule has 5 nitrogen and oxygen atoms in total. The largest absolute Gasteiger partial charge is 1.00 e. The average Bonchev–Trinajstić information content (AvgIpc) is 2.63. The summed E-state index contributed by atoms with van der Waals surface area (Å²) in [7, 11) is 0. The van der Waals surface area contributed by atoms with Crippen LogP contribution in [0.3, 0.4) is 0 Å². The number of aliphatic carboxylic acids is 1. The van der Waals surface area contributed by atoms with Crippen LogP contribution in [0.15, 0.2) is 24.5 Å². The number of amides is 1. The van der Waals surface area contributed by atoms with Crippen molar-refractivity contribution in [1.82, 2.24) is 4.98 Å². The summed E-state index contributed by atoms with van der Waals surface area (Å²) < 4.78 is 0. The van der Waals surface area contributed by atoms with Crippen molar-refractivity contribution in [2.45, 2.75) is 33.6 Å². The van der Waals surface area contributed by atoms with Gasteiger partial charge in [-0.15, -0.1) is 0 Å². The van der Waals surface area contributed by atoms with Gasteiger partial charge < -0.3 is 15.2 Å². The van der Waals surface area contributed by atoms with Crippen molar-refractivity contribution in [2.24, 2.45) is 16.7 Å². The Hall–Kier alpha value is -0.910. The Morgan fingerprint density at radius 3 is 2.52 bits per heavy atom. The molecule has 1 aromatic heterocycles. The Kier molecular flexibility index (Phi) is 5.58. The van der Waals surface area contributed by atoms with E-state index in [-0.39, 0.29) is 41.4 Å². The van der Waals surface area contributed by atoms with Crippen LogP contribution in [0.2, 0.25) is 0 Å². The first-order valence-corrected chi connectivity index (χ1v) is 6.71. The normalized spacial score (nSPS) is 26.7. The molecule has 0 bridgehead atoms. The van der Waals surface area contributed by atoms with Crippen LogP contribution in [-0.4, -0.2) is 16.9 Å². The fourth-order valence-electron chi connectivity index (χ4n) is 2.99. The summed E-state index contributed by atoms with van der Waals surface area (Å²) in [6, 6.07) is 3.49. The van der Waals surface area contributed by atoms with Crippen LogP contribution < -0.4 is 40.0 Å². The van der Waals surface area contributed by atoms with Gasteiger partial charge in [-0.05, 0) is 30.4 Å². The maximum atomic E-state index is 12.4. The number of nitrogens with one attached hydrogen (secondary N) is 1. The third-order valence-electron chi connectivity index (χ3n) is 4.92. The number of hydrogen-bond donors (Lipinski definition) is 1. The van der Waals surface area contributed by atoms with Gasteiger partial charge >= 0.3 is 29.6 Å². The fraction of sp³-hybridized carbons (Fsp3) is 0.533. The second kappa shape index (κ2) is 6.46. The van der Waals surface area contributed by atoms with Crippen LogP contribution in [-0.2, 0) is 9.59 Å². The molecule has 2 rings (SSSR count). The van der Waals surface area contributed by atoms with Crippen LogP contribution in [0.4, 0.5) is 5.69 Å². The van der Waals surface area contributed by atoms with Crippen LogP contribution >= 0.6 is 0 Å². The van der Waals surface area contributed by atoms with E-state index < -0.39 is 16.8 Å². The molecule has 1 heterocycles. The number of carboxylic acids is 1. The van der Waals surface area contributed by atoms with Crippen molar-refractivity contribution >= 4 is 17.6 Å². The van der Waals surface area contributed by atoms with E-state index in [1.165, 1.54) is 0 Å². The number of carbonyl (C=O) groups excluding carboxylic acids is 2. The minimum atomic E-state index is -1.08. The molecule has 21 heavy (non-hydrogen) atoms. The second-order valence-corrected chi connectivity index (χ2v) is 6.16. The van der Waals surface area contributed by atoms with E-state index in [2.05, 4.69) is 10.3 Å². The van der Waals surface area contributed by atoms with E-state index in [0.717, 1.165) is 0 Å². The number of pyridine rings is 1. The molecule has 0 radical (unpaired) electrons. The summed E-state index contributed by atoms with van der Waals surface area (Å²) in [5.41, 5.74) is -1.02. The Morgan fingerprint density at radius 1 is 1.38 bits per heavy atom. The minimum absolute atomic E-state index is 0. The van der Waals surface area contributed by atoms with Gasteiger partial charge in [-0.2, -0.15) is 0 Å². The number of hydrogen-bond acceptors (Lipinski definition) is 4. The second-order valence-electron chi connectivity index (χ2n) is 6.16.